The molecule has 72 valence electrons. The second-order valence-electron chi connectivity index (χ2n) is 3.23. The highest BCUT2D eigenvalue weighted by molar-refractivity contribution is 9.10. The minimum Gasteiger partial charge on any atom is -0.532 e. The maximum atomic E-state index is 9.58. The van der Waals surface area contributed by atoms with E-state index in [0.717, 1.165) is 27.7 Å². The van der Waals surface area contributed by atoms with E-state index in [1.165, 1.54) is 0 Å². The van der Waals surface area contributed by atoms with E-state index in [1.807, 2.05) is 31.2 Å². The molecule has 1 heterocycles. The fraction of sp³-hybridized carbons (Fsp3) is 0.200. The Kier molecular flexibility index (Phi) is 2.65. The predicted molar refractivity (Wildman–Crippen MR) is 61.0 cm³/mol. The van der Waals surface area contributed by atoms with E-state index in [-0.39, 0.29) is 0 Å². The van der Waals surface area contributed by atoms with Gasteiger partial charge in [0, 0.05) is 10.0 Å². The summed E-state index contributed by atoms with van der Waals surface area (Å²) in [6.45, 7) is 2.00. The first-order valence-electron chi connectivity index (χ1n) is 4.55. The van der Waals surface area contributed by atoms with Crippen LogP contribution in [0.4, 0.5) is 0 Å². The van der Waals surface area contributed by atoms with E-state index in [9.17, 15) is 5.02 Å². The molecule has 1 aromatic carbocycles. The third kappa shape index (κ3) is 1.72. The van der Waals surface area contributed by atoms with Gasteiger partial charge in [-0.2, -0.15) is 0 Å². The van der Waals surface area contributed by atoms with Crippen LogP contribution in [0, 0.1) is 0 Å². The maximum Gasteiger partial charge on any atom is 0.555 e. The third-order valence-corrected chi connectivity index (χ3v) is 2.77. The molecule has 0 saturated carbocycles. The van der Waals surface area contributed by atoms with Gasteiger partial charge in [-0.15, -0.1) is 0 Å². The van der Waals surface area contributed by atoms with Crippen LogP contribution in [0.25, 0.3) is 6.08 Å². The lowest BCUT2D eigenvalue weighted by atomic mass is 9.74. The Bertz CT molecular complexity index is 390. The summed E-state index contributed by atoms with van der Waals surface area (Å²) in [6.07, 6.45) is 2.78. The van der Waals surface area contributed by atoms with Gasteiger partial charge >= 0.3 is 7.12 Å². The van der Waals surface area contributed by atoms with Gasteiger partial charge in [0.2, 0.25) is 0 Å². The van der Waals surface area contributed by atoms with Crippen LogP contribution >= 0.6 is 15.9 Å². The van der Waals surface area contributed by atoms with Crippen molar-refractivity contribution >= 4 is 29.1 Å². The van der Waals surface area contributed by atoms with E-state index in [2.05, 4.69) is 15.9 Å². The topological polar surface area (TPSA) is 29.5 Å². The Labute approximate surface area is 91.9 Å². The molecule has 0 aliphatic carbocycles. The van der Waals surface area contributed by atoms with Gasteiger partial charge in [0.15, 0.2) is 0 Å². The van der Waals surface area contributed by atoms with Crippen molar-refractivity contribution in [2.75, 3.05) is 0 Å². The number of benzene rings is 1. The molecule has 0 aromatic heterocycles. The molecule has 0 radical (unpaired) electrons. The van der Waals surface area contributed by atoms with E-state index < -0.39 is 7.12 Å². The highest BCUT2D eigenvalue weighted by Crippen LogP contribution is 2.30. The van der Waals surface area contributed by atoms with Gasteiger partial charge in [0.1, 0.15) is 5.75 Å². The van der Waals surface area contributed by atoms with Crippen molar-refractivity contribution < 1.29 is 9.68 Å². The Morgan fingerprint density at radius 2 is 2.29 bits per heavy atom. The van der Waals surface area contributed by atoms with E-state index in [1.54, 1.807) is 0 Å². The van der Waals surface area contributed by atoms with Crippen molar-refractivity contribution in [3.05, 3.63) is 33.7 Å². The summed E-state index contributed by atoms with van der Waals surface area (Å²) in [4.78, 5) is 0. The quantitative estimate of drug-likeness (QED) is 0.779. The summed E-state index contributed by atoms with van der Waals surface area (Å²) in [5.41, 5.74) is 1.93. The molecule has 0 fully saturated rings. The van der Waals surface area contributed by atoms with Crippen LogP contribution in [0.2, 0.25) is 0 Å². The lowest BCUT2D eigenvalue weighted by Gasteiger charge is -2.19. The third-order valence-electron chi connectivity index (χ3n) is 2.28. The molecule has 0 atom stereocenters. The molecule has 1 aromatic rings. The van der Waals surface area contributed by atoms with Gasteiger partial charge in [-0.25, -0.2) is 0 Å². The van der Waals surface area contributed by atoms with Crippen molar-refractivity contribution in [1.29, 1.82) is 0 Å². The minimum atomic E-state index is -0.784. The fourth-order valence-corrected chi connectivity index (χ4v) is 1.86. The van der Waals surface area contributed by atoms with E-state index in [0.29, 0.717) is 0 Å². The Morgan fingerprint density at radius 3 is 3.00 bits per heavy atom. The molecule has 14 heavy (non-hydrogen) atoms. The molecule has 1 aliphatic rings. The summed E-state index contributed by atoms with van der Waals surface area (Å²) in [7, 11) is -0.784. The van der Waals surface area contributed by atoms with Gasteiger partial charge in [0.05, 0.1) is 0 Å². The van der Waals surface area contributed by atoms with Gasteiger partial charge in [-0.3, -0.25) is 0 Å². The van der Waals surface area contributed by atoms with Crippen molar-refractivity contribution in [3.8, 4) is 5.75 Å². The van der Waals surface area contributed by atoms with Crippen LogP contribution in [-0.4, -0.2) is 12.1 Å². The van der Waals surface area contributed by atoms with Gasteiger partial charge < -0.3 is 9.68 Å². The molecule has 0 saturated heterocycles. The van der Waals surface area contributed by atoms with Crippen molar-refractivity contribution in [1.82, 2.24) is 0 Å². The molecule has 1 aliphatic heterocycles. The van der Waals surface area contributed by atoms with Crippen LogP contribution in [0.15, 0.2) is 28.1 Å². The molecule has 0 unspecified atom stereocenters. The van der Waals surface area contributed by atoms with Gasteiger partial charge in [0.25, 0.3) is 0 Å². The van der Waals surface area contributed by atoms with Crippen molar-refractivity contribution in [3.63, 3.8) is 0 Å². The molecular weight excluding hydrogens is 243 g/mol. The second-order valence-corrected chi connectivity index (χ2v) is 4.14. The summed E-state index contributed by atoms with van der Waals surface area (Å²) >= 11 is 3.40. The predicted octanol–water partition coefficient (Wildman–Crippen LogP) is 2.65. The number of halogens is 1. The summed E-state index contributed by atoms with van der Waals surface area (Å²) < 4.78 is 6.37. The standard InChI is InChI=1S/C10H10BBrO2/c1-2-8-5-7-6-9(12)3-4-10(7)14-11(8)13/h3-6,13H,2H2,1H3. The first-order chi connectivity index (χ1) is 6.70. The lowest BCUT2D eigenvalue weighted by molar-refractivity contribution is 0.421. The number of fused-ring (bicyclic) bond motifs is 1. The van der Waals surface area contributed by atoms with Gasteiger partial charge in [-0.1, -0.05) is 28.9 Å². The fourth-order valence-electron chi connectivity index (χ4n) is 1.48. The Morgan fingerprint density at radius 1 is 1.50 bits per heavy atom. The molecule has 0 amide bonds. The van der Waals surface area contributed by atoms with Crippen LogP contribution in [0.1, 0.15) is 18.9 Å². The molecule has 2 rings (SSSR count). The highest BCUT2D eigenvalue weighted by Gasteiger charge is 2.25. The first kappa shape index (κ1) is 9.81. The average Bonchev–Trinajstić information content (AvgIpc) is 2.17. The number of hydrogen-bond donors (Lipinski definition) is 1. The zero-order chi connectivity index (χ0) is 10.1. The molecule has 0 bridgehead atoms. The smallest absolute Gasteiger partial charge is 0.532 e. The summed E-state index contributed by atoms with van der Waals surface area (Å²) in [5.74, 6) is 0.734. The van der Waals surface area contributed by atoms with Crippen LogP contribution in [0.5, 0.6) is 5.75 Å². The second kappa shape index (κ2) is 3.79. The molecular formula is C10H10BBrO2. The number of hydrogen-bond acceptors (Lipinski definition) is 2. The normalized spacial score (nSPS) is 14.5. The molecule has 2 nitrogen and oxygen atoms in total. The average molecular weight is 253 g/mol. The minimum absolute atomic E-state index is 0.734. The zero-order valence-corrected chi connectivity index (χ0v) is 9.41. The Hall–Kier alpha value is -0.735. The maximum absolute atomic E-state index is 9.58. The zero-order valence-electron chi connectivity index (χ0n) is 7.83. The summed E-state index contributed by atoms with van der Waals surface area (Å²) in [6, 6.07) is 5.73. The number of allylic oxidation sites excluding steroid dienone is 1. The van der Waals surface area contributed by atoms with Crippen molar-refractivity contribution in [2.45, 2.75) is 13.3 Å². The molecule has 4 heteroatoms. The van der Waals surface area contributed by atoms with Crippen molar-refractivity contribution in [2.24, 2.45) is 0 Å². The highest BCUT2D eigenvalue weighted by atomic mass is 79.9. The van der Waals surface area contributed by atoms with Crippen LogP contribution < -0.4 is 4.65 Å². The first-order valence-corrected chi connectivity index (χ1v) is 5.34. The van der Waals surface area contributed by atoms with Crippen LogP contribution in [-0.2, 0) is 0 Å². The lowest BCUT2D eigenvalue weighted by Crippen LogP contribution is -2.27. The monoisotopic (exact) mass is 252 g/mol. The molecule has 1 N–H and O–H groups in total. The van der Waals surface area contributed by atoms with Crippen LogP contribution in [0.3, 0.4) is 0 Å². The largest absolute Gasteiger partial charge is 0.555 e. The Balaban J connectivity index is 2.46. The van der Waals surface area contributed by atoms with E-state index >= 15 is 0 Å². The number of rotatable bonds is 1. The molecule has 0 spiro atoms. The SMILES string of the molecule is CCC1=Cc2cc(Br)ccc2OB1O. The van der Waals surface area contributed by atoms with E-state index in [4.69, 9.17) is 4.65 Å². The summed E-state index contributed by atoms with van der Waals surface area (Å²) in [5, 5.41) is 9.58. The van der Waals surface area contributed by atoms with Gasteiger partial charge in [-0.05, 0) is 30.1 Å².